The van der Waals surface area contributed by atoms with Crippen molar-refractivity contribution in [2.24, 2.45) is 0 Å². The van der Waals surface area contributed by atoms with E-state index in [1.165, 1.54) is 24.0 Å². The van der Waals surface area contributed by atoms with Gasteiger partial charge in [0.05, 0.1) is 19.2 Å². The summed E-state index contributed by atoms with van der Waals surface area (Å²) in [4.78, 5) is 28.6. The van der Waals surface area contributed by atoms with Crippen LogP contribution in [0.2, 0.25) is 0 Å². The summed E-state index contributed by atoms with van der Waals surface area (Å²) in [6.45, 7) is 1.16. The summed E-state index contributed by atoms with van der Waals surface area (Å²) in [5, 5.41) is 3.67. The predicted octanol–water partition coefficient (Wildman–Crippen LogP) is 4.19. The molecule has 1 aromatic heterocycles. The van der Waals surface area contributed by atoms with Crippen molar-refractivity contribution in [1.29, 1.82) is 0 Å². The van der Waals surface area contributed by atoms with E-state index in [1.807, 2.05) is 12.1 Å². The van der Waals surface area contributed by atoms with Crippen LogP contribution >= 0.6 is 11.3 Å². The van der Waals surface area contributed by atoms with Crippen LogP contribution in [0.15, 0.2) is 24.3 Å². The number of amides is 1. The molecule has 5 nitrogen and oxygen atoms in total. The van der Waals surface area contributed by atoms with Crippen LogP contribution in [-0.4, -0.2) is 32.1 Å². The highest BCUT2D eigenvalue weighted by atomic mass is 32.1. The lowest BCUT2D eigenvalue weighted by Crippen LogP contribution is -2.36. The predicted molar refractivity (Wildman–Crippen MR) is 113 cm³/mol. The van der Waals surface area contributed by atoms with Gasteiger partial charge in [-0.25, -0.2) is 4.79 Å². The molecule has 0 saturated carbocycles. The minimum absolute atomic E-state index is 0.0849. The lowest BCUT2D eigenvalue weighted by atomic mass is 10.0. The number of fused-ring (bicyclic) bond motifs is 2. The average Bonchev–Trinajstić information content (AvgIpc) is 2.88. The molecule has 0 spiro atoms. The number of nitrogens with one attached hydrogen (secondary N) is 1. The minimum Gasteiger partial charge on any atom is -0.465 e. The van der Waals surface area contributed by atoms with Gasteiger partial charge < -0.3 is 15.0 Å². The van der Waals surface area contributed by atoms with E-state index in [0.717, 1.165) is 56.3 Å². The van der Waals surface area contributed by atoms with Crippen molar-refractivity contribution in [2.75, 3.05) is 30.4 Å². The molecule has 1 N–H and O–H groups in total. The number of hydrogen-bond donors (Lipinski definition) is 1. The van der Waals surface area contributed by atoms with Gasteiger partial charge in [-0.2, -0.15) is 0 Å². The van der Waals surface area contributed by atoms with Crippen molar-refractivity contribution in [3.05, 3.63) is 45.8 Å². The maximum Gasteiger partial charge on any atom is 0.341 e. The van der Waals surface area contributed by atoms with Crippen molar-refractivity contribution in [3.63, 3.8) is 0 Å². The monoisotopic (exact) mass is 398 g/mol. The largest absolute Gasteiger partial charge is 0.465 e. The first-order valence-electron chi connectivity index (χ1n) is 10.0. The van der Waals surface area contributed by atoms with Crippen LogP contribution in [0.1, 0.15) is 52.0 Å². The molecule has 0 saturated heterocycles. The molecule has 0 atom stereocenters. The summed E-state index contributed by atoms with van der Waals surface area (Å²) >= 11 is 1.54. The molecule has 1 aliphatic carbocycles. The fourth-order valence-corrected chi connectivity index (χ4v) is 5.56. The number of aryl methyl sites for hydroxylation is 2. The van der Waals surface area contributed by atoms with Gasteiger partial charge in [-0.1, -0.05) is 24.6 Å². The van der Waals surface area contributed by atoms with Gasteiger partial charge in [0, 0.05) is 17.1 Å². The number of para-hydroxylation sites is 1. The Bertz CT molecular complexity index is 890. The van der Waals surface area contributed by atoms with E-state index >= 15 is 0 Å². The third-order valence-corrected chi connectivity index (χ3v) is 6.81. The fraction of sp³-hybridized carbons (Fsp3) is 0.455. The number of benzene rings is 1. The zero-order valence-electron chi connectivity index (χ0n) is 16.3. The van der Waals surface area contributed by atoms with Gasteiger partial charge >= 0.3 is 5.97 Å². The summed E-state index contributed by atoms with van der Waals surface area (Å²) < 4.78 is 5.03. The Morgan fingerprint density at radius 3 is 2.79 bits per heavy atom. The quantitative estimate of drug-likeness (QED) is 0.620. The van der Waals surface area contributed by atoms with Gasteiger partial charge in [0.15, 0.2) is 0 Å². The number of carbonyl (C=O) groups is 2. The third kappa shape index (κ3) is 3.78. The van der Waals surface area contributed by atoms with Gasteiger partial charge in [-0.15, -0.1) is 11.3 Å². The number of nitrogens with zero attached hydrogens (tertiary/aromatic N) is 1. The van der Waals surface area contributed by atoms with Crippen LogP contribution in [0.25, 0.3) is 0 Å². The SMILES string of the molecule is COC(=O)c1c(NC(=O)CN2CCCc3ccccc32)sc2c1CCCCC2. The van der Waals surface area contributed by atoms with E-state index in [1.54, 1.807) is 11.3 Å². The highest BCUT2D eigenvalue weighted by molar-refractivity contribution is 7.17. The lowest BCUT2D eigenvalue weighted by molar-refractivity contribution is -0.115. The van der Waals surface area contributed by atoms with E-state index in [9.17, 15) is 9.59 Å². The Kier molecular flexibility index (Phi) is 5.67. The van der Waals surface area contributed by atoms with Crippen LogP contribution in [0.4, 0.5) is 10.7 Å². The van der Waals surface area contributed by atoms with Crippen LogP contribution in [0.3, 0.4) is 0 Å². The topological polar surface area (TPSA) is 58.6 Å². The number of methoxy groups -OCH3 is 1. The smallest absolute Gasteiger partial charge is 0.341 e. The van der Waals surface area contributed by atoms with E-state index in [4.69, 9.17) is 4.74 Å². The summed E-state index contributed by atoms with van der Waals surface area (Å²) in [5.41, 5.74) is 4.07. The first-order chi connectivity index (χ1) is 13.7. The molecule has 2 heterocycles. The first kappa shape index (κ1) is 19.0. The summed E-state index contributed by atoms with van der Waals surface area (Å²) in [6.07, 6.45) is 7.34. The van der Waals surface area contributed by atoms with Crippen molar-refractivity contribution >= 4 is 33.9 Å². The Labute approximate surface area is 169 Å². The van der Waals surface area contributed by atoms with Crippen LogP contribution < -0.4 is 10.2 Å². The maximum atomic E-state index is 12.8. The number of hydrogen-bond acceptors (Lipinski definition) is 5. The summed E-state index contributed by atoms with van der Waals surface area (Å²) in [6, 6.07) is 8.27. The molecule has 0 fully saturated rings. The average molecular weight is 399 g/mol. The van der Waals surface area contributed by atoms with Gasteiger partial charge in [0.25, 0.3) is 0 Å². The van der Waals surface area contributed by atoms with Crippen LogP contribution in [-0.2, 0) is 28.8 Å². The molecule has 4 rings (SSSR count). The molecule has 28 heavy (non-hydrogen) atoms. The van der Waals surface area contributed by atoms with E-state index in [-0.39, 0.29) is 11.9 Å². The Morgan fingerprint density at radius 2 is 1.93 bits per heavy atom. The lowest BCUT2D eigenvalue weighted by Gasteiger charge is -2.30. The molecule has 1 aromatic carbocycles. The molecule has 2 aromatic rings. The Morgan fingerprint density at radius 1 is 1.11 bits per heavy atom. The maximum absolute atomic E-state index is 12.8. The standard InChI is InChI=1S/C22H26N2O3S/c1-27-22(26)20-16-10-3-2-4-12-18(16)28-21(20)23-19(25)14-24-13-7-9-15-8-5-6-11-17(15)24/h5-6,8,11H,2-4,7,9-10,12-14H2,1H3,(H,23,25). The van der Waals surface area contributed by atoms with Gasteiger partial charge in [-0.05, 0) is 55.7 Å². The normalized spacial score (nSPS) is 16.0. The number of ether oxygens (including phenoxy) is 1. The van der Waals surface area contributed by atoms with E-state index in [2.05, 4.69) is 22.3 Å². The zero-order chi connectivity index (χ0) is 19.5. The molecule has 0 bridgehead atoms. The van der Waals surface area contributed by atoms with Crippen molar-refractivity contribution in [1.82, 2.24) is 0 Å². The molecule has 0 radical (unpaired) electrons. The molecule has 6 heteroatoms. The molecule has 2 aliphatic rings. The Balaban J connectivity index is 1.54. The third-order valence-electron chi connectivity index (χ3n) is 5.60. The zero-order valence-corrected chi connectivity index (χ0v) is 17.1. The van der Waals surface area contributed by atoms with Crippen LogP contribution in [0, 0.1) is 0 Å². The summed E-state index contributed by atoms with van der Waals surface area (Å²) in [7, 11) is 1.40. The fourth-order valence-electron chi connectivity index (χ4n) is 4.26. The molecule has 148 valence electrons. The number of esters is 1. The highest BCUT2D eigenvalue weighted by Gasteiger charge is 2.27. The number of anilines is 2. The molecule has 0 unspecified atom stereocenters. The second kappa shape index (κ2) is 8.35. The van der Waals surface area contributed by atoms with Gasteiger partial charge in [0.2, 0.25) is 5.91 Å². The van der Waals surface area contributed by atoms with Crippen LogP contribution in [0.5, 0.6) is 0 Å². The van der Waals surface area contributed by atoms with E-state index < -0.39 is 0 Å². The van der Waals surface area contributed by atoms with E-state index in [0.29, 0.717) is 17.1 Å². The molecule has 1 aliphatic heterocycles. The number of rotatable bonds is 4. The molecular weight excluding hydrogens is 372 g/mol. The van der Waals surface area contributed by atoms with Gasteiger partial charge in [-0.3, -0.25) is 4.79 Å². The second-order valence-electron chi connectivity index (χ2n) is 7.46. The highest BCUT2D eigenvalue weighted by Crippen LogP contribution is 2.38. The summed E-state index contributed by atoms with van der Waals surface area (Å²) in [5.74, 6) is -0.434. The molecular formula is C22H26N2O3S. The minimum atomic E-state index is -0.349. The first-order valence-corrected chi connectivity index (χ1v) is 10.8. The number of carbonyl (C=O) groups excluding carboxylic acids is 2. The van der Waals surface area contributed by atoms with Crippen molar-refractivity contribution < 1.29 is 14.3 Å². The second-order valence-corrected chi connectivity index (χ2v) is 8.57. The van der Waals surface area contributed by atoms with Crippen molar-refractivity contribution in [2.45, 2.75) is 44.9 Å². The number of thiophene rings is 1. The Hall–Kier alpha value is -2.34. The van der Waals surface area contributed by atoms with Gasteiger partial charge in [0.1, 0.15) is 5.00 Å². The molecule has 1 amide bonds. The van der Waals surface area contributed by atoms with Crippen molar-refractivity contribution in [3.8, 4) is 0 Å².